The normalized spacial score (nSPS) is 14.9. The summed E-state index contributed by atoms with van der Waals surface area (Å²) in [5, 5.41) is 3.76. The number of benzene rings is 1. The molecule has 0 unspecified atom stereocenters. The van der Waals surface area contributed by atoms with E-state index in [0.29, 0.717) is 5.02 Å². The monoisotopic (exact) mass is 305 g/mol. The van der Waals surface area contributed by atoms with E-state index in [1.807, 2.05) is 31.2 Å². The van der Waals surface area contributed by atoms with Crippen molar-refractivity contribution in [2.45, 2.75) is 32.2 Å². The van der Waals surface area contributed by atoms with Crippen LogP contribution >= 0.6 is 22.9 Å². The van der Waals surface area contributed by atoms with Crippen LogP contribution in [0, 0.1) is 0 Å². The van der Waals surface area contributed by atoms with Crippen molar-refractivity contribution in [1.29, 1.82) is 0 Å². The van der Waals surface area contributed by atoms with Gasteiger partial charge in [0, 0.05) is 9.90 Å². The predicted molar refractivity (Wildman–Crippen MR) is 83.7 cm³/mol. The van der Waals surface area contributed by atoms with Gasteiger partial charge in [-0.15, -0.1) is 11.3 Å². The quantitative estimate of drug-likeness (QED) is 0.895. The van der Waals surface area contributed by atoms with Gasteiger partial charge in [0.1, 0.15) is 0 Å². The van der Waals surface area contributed by atoms with Gasteiger partial charge in [-0.05, 0) is 55.5 Å². The minimum Gasteiger partial charge on any atom is -0.345 e. The van der Waals surface area contributed by atoms with Gasteiger partial charge < -0.3 is 5.32 Å². The second-order valence-corrected chi connectivity index (χ2v) is 6.73. The van der Waals surface area contributed by atoms with Gasteiger partial charge in [-0.1, -0.05) is 23.7 Å². The van der Waals surface area contributed by atoms with E-state index in [-0.39, 0.29) is 11.9 Å². The summed E-state index contributed by atoms with van der Waals surface area (Å²) in [6.07, 6.45) is 3.47. The number of thiophene rings is 1. The highest BCUT2D eigenvalue weighted by atomic mass is 35.5. The molecule has 0 radical (unpaired) electrons. The first-order chi connectivity index (χ1) is 9.63. The summed E-state index contributed by atoms with van der Waals surface area (Å²) in [7, 11) is 0. The summed E-state index contributed by atoms with van der Waals surface area (Å²) < 4.78 is 0. The van der Waals surface area contributed by atoms with Crippen LogP contribution in [0.1, 0.15) is 45.1 Å². The molecule has 0 saturated carbocycles. The van der Waals surface area contributed by atoms with Crippen LogP contribution in [0.25, 0.3) is 0 Å². The minimum atomic E-state index is -0.0169. The molecule has 1 aromatic carbocycles. The average Bonchev–Trinajstić information content (AvgIpc) is 2.99. The lowest BCUT2D eigenvalue weighted by molar-refractivity contribution is 0.0944. The number of carbonyl (C=O) groups is 1. The molecular weight excluding hydrogens is 290 g/mol. The van der Waals surface area contributed by atoms with Crippen LogP contribution in [0.5, 0.6) is 0 Å². The van der Waals surface area contributed by atoms with Gasteiger partial charge in [0.15, 0.2) is 0 Å². The molecule has 0 saturated heterocycles. The van der Waals surface area contributed by atoms with Gasteiger partial charge in [0.05, 0.1) is 10.9 Å². The van der Waals surface area contributed by atoms with E-state index in [4.69, 9.17) is 11.6 Å². The Balaban J connectivity index is 1.70. The lowest BCUT2D eigenvalue weighted by atomic mass is 10.1. The fraction of sp³-hybridized carbons (Fsp3) is 0.312. The van der Waals surface area contributed by atoms with Crippen molar-refractivity contribution in [3.63, 3.8) is 0 Å². The molecule has 1 atom stereocenters. The number of hydrogen-bond acceptors (Lipinski definition) is 2. The van der Waals surface area contributed by atoms with E-state index in [0.717, 1.165) is 23.3 Å². The molecule has 104 valence electrons. The van der Waals surface area contributed by atoms with Crippen LogP contribution in [-0.4, -0.2) is 5.91 Å². The van der Waals surface area contributed by atoms with Crippen LogP contribution in [0.15, 0.2) is 30.3 Å². The number of carbonyl (C=O) groups excluding carboxylic acids is 1. The van der Waals surface area contributed by atoms with Crippen molar-refractivity contribution in [3.05, 3.63) is 56.2 Å². The molecular formula is C16H16ClNOS. The van der Waals surface area contributed by atoms with Crippen LogP contribution in [0.4, 0.5) is 0 Å². The Labute approximate surface area is 127 Å². The molecule has 0 spiro atoms. The van der Waals surface area contributed by atoms with E-state index >= 15 is 0 Å². The molecule has 1 heterocycles. The first kappa shape index (κ1) is 13.7. The third kappa shape index (κ3) is 2.74. The molecule has 20 heavy (non-hydrogen) atoms. The summed E-state index contributed by atoms with van der Waals surface area (Å²) in [6.45, 7) is 1.99. The highest BCUT2D eigenvalue weighted by molar-refractivity contribution is 7.14. The van der Waals surface area contributed by atoms with E-state index in [2.05, 4.69) is 11.4 Å². The maximum absolute atomic E-state index is 12.3. The van der Waals surface area contributed by atoms with Crippen molar-refractivity contribution in [2.24, 2.45) is 0 Å². The number of rotatable bonds is 3. The third-order valence-electron chi connectivity index (χ3n) is 3.69. The fourth-order valence-electron chi connectivity index (χ4n) is 2.54. The van der Waals surface area contributed by atoms with Gasteiger partial charge in [0.25, 0.3) is 5.91 Å². The Hall–Kier alpha value is -1.32. The van der Waals surface area contributed by atoms with E-state index in [1.54, 1.807) is 11.3 Å². The molecule has 0 bridgehead atoms. The molecule has 2 aromatic rings. The Morgan fingerprint density at radius 2 is 2.05 bits per heavy atom. The minimum absolute atomic E-state index is 0.0169. The zero-order valence-corrected chi connectivity index (χ0v) is 12.9. The molecule has 1 aromatic heterocycles. The van der Waals surface area contributed by atoms with Crippen LogP contribution in [-0.2, 0) is 12.8 Å². The smallest absolute Gasteiger partial charge is 0.261 e. The largest absolute Gasteiger partial charge is 0.345 e. The zero-order valence-electron chi connectivity index (χ0n) is 11.3. The van der Waals surface area contributed by atoms with E-state index in [9.17, 15) is 4.79 Å². The summed E-state index contributed by atoms with van der Waals surface area (Å²) in [4.78, 5) is 14.5. The van der Waals surface area contributed by atoms with Crippen molar-refractivity contribution in [2.75, 3.05) is 0 Å². The Morgan fingerprint density at radius 3 is 2.75 bits per heavy atom. The second kappa shape index (κ2) is 5.58. The molecule has 0 fully saturated rings. The second-order valence-electron chi connectivity index (χ2n) is 5.16. The molecule has 1 amide bonds. The molecule has 2 nitrogen and oxygen atoms in total. The predicted octanol–water partition coefficient (Wildman–Crippen LogP) is 4.38. The third-order valence-corrected chi connectivity index (χ3v) is 5.18. The summed E-state index contributed by atoms with van der Waals surface area (Å²) in [6, 6.07) is 9.62. The standard InChI is InChI=1S/C16H16ClNOS/c1-10(11-5-7-13(17)8-6-11)18-16(19)15-9-12-3-2-4-14(12)20-15/h5-10H,2-4H2,1H3,(H,18,19)/t10-/m0/s1. The zero-order chi connectivity index (χ0) is 14.1. The fourth-order valence-corrected chi connectivity index (χ4v) is 3.83. The lowest BCUT2D eigenvalue weighted by Gasteiger charge is -2.13. The number of halogens is 1. The average molecular weight is 306 g/mol. The highest BCUT2D eigenvalue weighted by Crippen LogP contribution is 2.30. The number of amides is 1. The van der Waals surface area contributed by atoms with Crippen LogP contribution in [0.3, 0.4) is 0 Å². The van der Waals surface area contributed by atoms with Crippen molar-refractivity contribution in [3.8, 4) is 0 Å². The maximum Gasteiger partial charge on any atom is 0.261 e. The molecule has 1 aliphatic rings. The number of hydrogen-bond donors (Lipinski definition) is 1. The molecule has 4 heteroatoms. The van der Waals surface area contributed by atoms with Crippen molar-refractivity contribution >= 4 is 28.8 Å². The lowest BCUT2D eigenvalue weighted by Crippen LogP contribution is -2.25. The molecule has 1 aliphatic carbocycles. The highest BCUT2D eigenvalue weighted by Gasteiger charge is 2.19. The van der Waals surface area contributed by atoms with Crippen molar-refractivity contribution < 1.29 is 4.79 Å². The number of nitrogens with one attached hydrogen (secondary N) is 1. The van der Waals surface area contributed by atoms with Gasteiger partial charge in [-0.2, -0.15) is 0 Å². The SMILES string of the molecule is C[C@H](NC(=O)c1cc2c(s1)CCC2)c1ccc(Cl)cc1. The molecule has 1 N–H and O–H groups in total. The molecule has 0 aliphatic heterocycles. The van der Waals surface area contributed by atoms with Crippen LogP contribution in [0.2, 0.25) is 5.02 Å². The van der Waals surface area contributed by atoms with Gasteiger partial charge in [0.2, 0.25) is 0 Å². The van der Waals surface area contributed by atoms with E-state index in [1.165, 1.54) is 16.9 Å². The van der Waals surface area contributed by atoms with Gasteiger partial charge in [-0.25, -0.2) is 0 Å². The van der Waals surface area contributed by atoms with Crippen LogP contribution < -0.4 is 5.32 Å². The van der Waals surface area contributed by atoms with Crippen molar-refractivity contribution in [1.82, 2.24) is 5.32 Å². The summed E-state index contributed by atoms with van der Waals surface area (Å²) >= 11 is 7.51. The first-order valence-electron chi connectivity index (χ1n) is 6.81. The summed E-state index contributed by atoms with van der Waals surface area (Å²) in [5.41, 5.74) is 2.42. The molecule has 3 rings (SSSR count). The van der Waals surface area contributed by atoms with Gasteiger partial charge in [-0.3, -0.25) is 4.79 Å². The summed E-state index contributed by atoms with van der Waals surface area (Å²) in [5.74, 6) is 0.0202. The topological polar surface area (TPSA) is 29.1 Å². The Kier molecular flexibility index (Phi) is 3.81. The number of fused-ring (bicyclic) bond motifs is 1. The maximum atomic E-state index is 12.3. The number of aryl methyl sites for hydroxylation is 2. The van der Waals surface area contributed by atoms with E-state index < -0.39 is 0 Å². The Morgan fingerprint density at radius 1 is 1.30 bits per heavy atom. The van der Waals surface area contributed by atoms with Gasteiger partial charge >= 0.3 is 0 Å². The Bertz CT molecular complexity index is 611. The first-order valence-corrected chi connectivity index (χ1v) is 8.01.